The molecule has 0 amide bonds. The van der Waals surface area contributed by atoms with E-state index in [0.29, 0.717) is 17.7 Å². The molecule has 110 valence electrons. The van der Waals surface area contributed by atoms with Crippen LogP contribution in [0.2, 0.25) is 0 Å². The Labute approximate surface area is 122 Å². The number of hydrogen-bond donors (Lipinski definition) is 2. The Morgan fingerprint density at radius 3 is 2.62 bits per heavy atom. The lowest BCUT2D eigenvalue weighted by molar-refractivity contribution is 0.305. The smallest absolute Gasteiger partial charge is 0.263 e. The van der Waals surface area contributed by atoms with E-state index in [0.717, 1.165) is 0 Å². The van der Waals surface area contributed by atoms with Gasteiger partial charge in [-0.05, 0) is 31.2 Å². The fourth-order valence-electron chi connectivity index (χ4n) is 1.55. The number of aliphatic hydroxyl groups is 1. The van der Waals surface area contributed by atoms with Gasteiger partial charge in [0, 0.05) is 18.1 Å². The molecule has 1 aromatic heterocycles. The number of aromatic nitrogens is 1. The molecule has 21 heavy (non-hydrogen) atoms. The number of hydrogen-bond acceptors (Lipinski definition) is 5. The summed E-state index contributed by atoms with van der Waals surface area (Å²) in [5.41, 5.74) is 0.680. The molecule has 0 spiro atoms. The molecule has 0 fully saturated rings. The third-order valence-corrected chi connectivity index (χ3v) is 3.87. The van der Waals surface area contributed by atoms with Gasteiger partial charge in [-0.1, -0.05) is 17.0 Å². The van der Waals surface area contributed by atoms with Crippen molar-refractivity contribution in [2.45, 2.75) is 18.2 Å². The summed E-state index contributed by atoms with van der Waals surface area (Å²) in [5.74, 6) is 6.24. The monoisotopic (exact) mass is 306 g/mol. The van der Waals surface area contributed by atoms with E-state index in [1.807, 2.05) is 0 Å². The van der Waals surface area contributed by atoms with Gasteiger partial charge in [0.1, 0.15) is 5.76 Å². The molecule has 0 atom stereocenters. The molecule has 6 nitrogen and oxygen atoms in total. The van der Waals surface area contributed by atoms with E-state index in [1.54, 1.807) is 19.1 Å². The van der Waals surface area contributed by atoms with Gasteiger partial charge in [0.2, 0.25) is 0 Å². The topological polar surface area (TPSA) is 92.4 Å². The standard InChI is InChI=1S/C14H14N2O4S/c1-11-10-14(15-20-11)16-21(18,19)13-7-5-12(6-8-13)4-2-3-9-17/h5-8,10,17H,3,9H2,1H3,(H,15,16). The van der Waals surface area contributed by atoms with Gasteiger partial charge >= 0.3 is 0 Å². The summed E-state index contributed by atoms with van der Waals surface area (Å²) in [5, 5.41) is 12.2. The first-order valence-corrected chi connectivity index (χ1v) is 7.65. The van der Waals surface area contributed by atoms with Gasteiger partial charge in [0.25, 0.3) is 10.0 Å². The summed E-state index contributed by atoms with van der Waals surface area (Å²) in [4.78, 5) is 0.107. The van der Waals surface area contributed by atoms with Crippen LogP contribution in [0.3, 0.4) is 0 Å². The Bertz CT molecular complexity index is 767. The first-order chi connectivity index (χ1) is 10.0. The molecule has 2 rings (SSSR count). The van der Waals surface area contributed by atoms with E-state index in [-0.39, 0.29) is 17.3 Å². The van der Waals surface area contributed by atoms with Crippen molar-refractivity contribution in [3.63, 3.8) is 0 Å². The number of anilines is 1. The van der Waals surface area contributed by atoms with Crippen LogP contribution in [0.25, 0.3) is 0 Å². The molecule has 7 heteroatoms. The molecular formula is C14H14N2O4S. The summed E-state index contributed by atoms with van der Waals surface area (Å²) in [6.07, 6.45) is 0.382. The van der Waals surface area contributed by atoms with Gasteiger partial charge in [-0.3, -0.25) is 4.72 Å². The Kier molecular flexibility index (Phi) is 4.62. The van der Waals surface area contributed by atoms with Crippen molar-refractivity contribution in [3.8, 4) is 11.8 Å². The van der Waals surface area contributed by atoms with Crippen LogP contribution in [-0.2, 0) is 10.0 Å². The Morgan fingerprint density at radius 2 is 2.05 bits per heavy atom. The van der Waals surface area contributed by atoms with Crippen molar-refractivity contribution in [3.05, 3.63) is 41.7 Å². The molecule has 0 saturated carbocycles. The highest BCUT2D eigenvalue weighted by molar-refractivity contribution is 7.92. The summed E-state index contributed by atoms with van der Waals surface area (Å²) < 4.78 is 31.4. The number of sulfonamides is 1. The van der Waals surface area contributed by atoms with Crippen LogP contribution >= 0.6 is 0 Å². The predicted molar refractivity (Wildman–Crippen MR) is 77.1 cm³/mol. The van der Waals surface area contributed by atoms with Gasteiger partial charge in [0.05, 0.1) is 11.5 Å². The fraction of sp³-hybridized carbons (Fsp3) is 0.214. The largest absolute Gasteiger partial charge is 0.395 e. The Morgan fingerprint density at radius 1 is 1.33 bits per heavy atom. The van der Waals surface area contributed by atoms with E-state index in [2.05, 4.69) is 21.7 Å². The van der Waals surface area contributed by atoms with E-state index in [1.165, 1.54) is 18.2 Å². The zero-order valence-electron chi connectivity index (χ0n) is 11.3. The summed E-state index contributed by atoms with van der Waals surface area (Å²) >= 11 is 0. The first kappa shape index (κ1) is 15.1. The van der Waals surface area contributed by atoms with Crippen LogP contribution in [0.15, 0.2) is 39.8 Å². The molecule has 0 aliphatic carbocycles. The van der Waals surface area contributed by atoms with Crippen LogP contribution < -0.4 is 4.72 Å². The molecule has 1 heterocycles. The molecule has 0 radical (unpaired) electrons. The highest BCUT2D eigenvalue weighted by atomic mass is 32.2. The summed E-state index contributed by atoms with van der Waals surface area (Å²) in [6.45, 7) is 1.67. The van der Waals surface area contributed by atoms with Crippen LogP contribution in [0, 0.1) is 18.8 Å². The number of benzene rings is 1. The van der Waals surface area contributed by atoms with Crippen molar-refractivity contribution < 1.29 is 18.0 Å². The SMILES string of the molecule is Cc1cc(NS(=O)(=O)c2ccc(C#CCCO)cc2)no1. The minimum Gasteiger partial charge on any atom is -0.395 e. The third-order valence-electron chi connectivity index (χ3n) is 2.50. The van der Waals surface area contributed by atoms with Crippen molar-refractivity contribution in [1.82, 2.24) is 5.16 Å². The molecule has 0 aliphatic heterocycles. The minimum atomic E-state index is -3.70. The molecule has 0 saturated heterocycles. The second-order valence-corrected chi connectivity index (χ2v) is 5.91. The van der Waals surface area contributed by atoms with Gasteiger partial charge in [-0.15, -0.1) is 0 Å². The van der Waals surface area contributed by atoms with Crippen molar-refractivity contribution >= 4 is 15.8 Å². The number of nitrogens with one attached hydrogen (secondary N) is 1. The molecule has 0 bridgehead atoms. The fourth-order valence-corrected chi connectivity index (χ4v) is 2.53. The predicted octanol–water partition coefficient (Wildman–Crippen LogP) is 1.52. The van der Waals surface area contributed by atoms with Gasteiger partial charge in [-0.25, -0.2) is 8.42 Å². The maximum absolute atomic E-state index is 12.1. The molecule has 2 aromatic rings. The molecule has 0 aliphatic rings. The number of aliphatic hydroxyl groups excluding tert-OH is 1. The average Bonchev–Trinajstić information content (AvgIpc) is 2.84. The Hall–Kier alpha value is -2.30. The zero-order valence-corrected chi connectivity index (χ0v) is 12.1. The number of aryl methyl sites for hydroxylation is 1. The van der Waals surface area contributed by atoms with Crippen molar-refractivity contribution in [2.75, 3.05) is 11.3 Å². The summed E-state index contributed by atoms with van der Waals surface area (Å²) in [7, 11) is -3.70. The highest BCUT2D eigenvalue weighted by Gasteiger charge is 2.15. The maximum Gasteiger partial charge on any atom is 0.263 e. The minimum absolute atomic E-state index is 0.000496. The molecule has 0 unspecified atom stereocenters. The highest BCUT2D eigenvalue weighted by Crippen LogP contribution is 2.16. The van der Waals surface area contributed by atoms with Crippen LogP contribution in [0.1, 0.15) is 17.7 Å². The van der Waals surface area contributed by atoms with Gasteiger partial charge < -0.3 is 9.63 Å². The van der Waals surface area contributed by atoms with E-state index >= 15 is 0 Å². The van der Waals surface area contributed by atoms with Gasteiger partial charge in [0.15, 0.2) is 5.82 Å². The first-order valence-electron chi connectivity index (χ1n) is 6.17. The molecular weight excluding hydrogens is 292 g/mol. The third kappa shape index (κ3) is 4.08. The quantitative estimate of drug-likeness (QED) is 0.835. The lowest BCUT2D eigenvalue weighted by atomic mass is 10.2. The lowest BCUT2D eigenvalue weighted by Crippen LogP contribution is -2.13. The molecule has 2 N–H and O–H groups in total. The second kappa shape index (κ2) is 6.43. The van der Waals surface area contributed by atoms with Crippen LogP contribution in [-0.4, -0.2) is 25.3 Å². The number of nitrogens with zero attached hydrogens (tertiary/aromatic N) is 1. The lowest BCUT2D eigenvalue weighted by Gasteiger charge is -2.04. The van der Waals surface area contributed by atoms with E-state index in [9.17, 15) is 8.42 Å². The van der Waals surface area contributed by atoms with E-state index < -0.39 is 10.0 Å². The second-order valence-electron chi connectivity index (χ2n) is 4.23. The Balaban J connectivity index is 2.15. The maximum atomic E-state index is 12.1. The van der Waals surface area contributed by atoms with Gasteiger partial charge in [-0.2, -0.15) is 0 Å². The zero-order chi connectivity index (χ0) is 15.3. The number of rotatable bonds is 4. The normalized spacial score (nSPS) is 10.8. The van der Waals surface area contributed by atoms with Crippen LogP contribution in [0.4, 0.5) is 5.82 Å². The molecule has 1 aromatic carbocycles. The average molecular weight is 306 g/mol. The summed E-state index contributed by atoms with van der Waals surface area (Å²) in [6, 6.07) is 7.61. The van der Waals surface area contributed by atoms with Crippen molar-refractivity contribution in [1.29, 1.82) is 0 Å². The van der Waals surface area contributed by atoms with Crippen molar-refractivity contribution in [2.24, 2.45) is 0 Å². The van der Waals surface area contributed by atoms with E-state index in [4.69, 9.17) is 9.63 Å². The van der Waals surface area contributed by atoms with Crippen LogP contribution in [0.5, 0.6) is 0 Å².